The van der Waals surface area contributed by atoms with Gasteiger partial charge in [0.05, 0.1) is 10.2 Å². The molecule has 3 heterocycles. The molecule has 3 aromatic rings. The molecule has 1 aromatic carbocycles. The summed E-state index contributed by atoms with van der Waals surface area (Å²) in [6.07, 6.45) is 3.91. The van der Waals surface area contributed by atoms with Crippen LogP contribution in [-0.2, 0) is 6.54 Å². The van der Waals surface area contributed by atoms with E-state index >= 15 is 0 Å². The Morgan fingerprint density at radius 1 is 1.21 bits per heavy atom. The van der Waals surface area contributed by atoms with Crippen molar-refractivity contribution in [2.45, 2.75) is 39.3 Å². The van der Waals surface area contributed by atoms with Crippen molar-refractivity contribution in [3.8, 4) is 0 Å². The number of fused-ring (bicyclic) bond motifs is 1. The predicted molar refractivity (Wildman–Crippen MR) is 115 cm³/mol. The van der Waals surface area contributed by atoms with Gasteiger partial charge < -0.3 is 5.32 Å². The first kappa shape index (κ1) is 19.2. The van der Waals surface area contributed by atoms with E-state index in [-0.39, 0.29) is 11.9 Å². The highest BCUT2D eigenvalue weighted by molar-refractivity contribution is 9.10. The van der Waals surface area contributed by atoms with E-state index in [1.807, 2.05) is 36.6 Å². The lowest BCUT2D eigenvalue weighted by atomic mass is 10.0. The van der Waals surface area contributed by atoms with Crippen LogP contribution in [-0.4, -0.2) is 39.3 Å². The second-order valence-electron chi connectivity index (χ2n) is 7.61. The van der Waals surface area contributed by atoms with Crippen molar-refractivity contribution >= 4 is 27.5 Å². The minimum Gasteiger partial charge on any atom is -0.348 e. The van der Waals surface area contributed by atoms with Crippen molar-refractivity contribution < 1.29 is 4.79 Å². The number of benzene rings is 1. The first-order valence-electron chi connectivity index (χ1n) is 9.73. The Balaban J connectivity index is 1.41. The van der Waals surface area contributed by atoms with E-state index in [0.717, 1.165) is 53.9 Å². The number of aromatic nitrogens is 2. The van der Waals surface area contributed by atoms with E-state index in [9.17, 15) is 4.79 Å². The Labute approximate surface area is 173 Å². The molecule has 0 bridgehead atoms. The highest BCUT2D eigenvalue weighted by atomic mass is 79.9. The third-order valence-corrected chi connectivity index (χ3v) is 5.96. The number of carbonyl (C=O) groups excluding carboxylic acids is 1. The summed E-state index contributed by atoms with van der Waals surface area (Å²) in [5, 5.41) is 3.24. The number of likely N-dealkylation sites (tertiary alicyclic amines) is 1. The summed E-state index contributed by atoms with van der Waals surface area (Å²) in [6.45, 7) is 6.88. The lowest BCUT2D eigenvalue weighted by Gasteiger charge is -2.32. The van der Waals surface area contributed by atoms with Crippen LogP contribution in [0.25, 0.3) is 5.65 Å². The molecule has 0 unspecified atom stereocenters. The number of hydrogen-bond donors (Lipinski definition) is 1. The molecule has 1 N–H and O–H groups in total. The lowest BCUT2D eigenvalue weighted by Crippen LogP contribution is -2.44. The highest BCUT2D eigenvalue weighted by Crippen LogP contribution is 2.23. The number of hydrogen-bond acceptors (Lipinski definition) is 3. The van der Waals surface area contributed by atoms with Crippen LogP contribution in [0.5, 0.6) is 0 Å². The number of carbonyl (C=O) groups is 1. The van der Waals surface area contributed by atoms with Crippen LogP contribution in [0.15, 0.2) is 47.1 Å². The number of amides is 1. The maximum Gasteiger partial charge on any atom is 0.270 e. The fourth-order valence-electron chi connectivity index (χ4n) is 3.95. The Hall–Kier alpha value is -2.18. The van der Waals surface area contributed by atoms with Crippen LogP contribution in [0.2, 0.25) is 0 Å². The smallest absolute Gasteiger partial charge is 0.270 e. The van der Waals surface area contributed by atoms with Crippen molar-refractivity contribution in [3.63, 3.8) is 0 Å². The number of nitrogens with zero attached hydrogens (tertiary/aromatic N) is 3. The Bertz CT molecular complexity index is 991. The summed E-state index contributed by atoms with van der Waals surface area (Å²) < 4.78 is 2.80. The number of rotatable bonds is 4. The molecule has 6 heteroatoms. The lowest BCUT2D eigenvalue weighted by molar-refractivity contribution is 0.0902. The molecule has 0 aliphatic carbocycles. The van der Waals surface area contributed by atoms with Gasteiger partial charge in [-0.05, 0) is 59.8 Å². The van der Waals surface area contributed by atoms with Gasteiger partial charge in [-0.25, -0.2) is 4.98 Å². The van der Waals surface area contributed by atoms with Gasteiger partial charge in [0.1, 0.15) is 5.69 Å². The third kappa shape index (κ3) is 3.98. The maximum absolute atomic E-state index is 13.0. The van der Waals surface area contributed by atoms with E-state index in [2.05, 4.69) is 55.4 Å². The van der Waals surface area contributed by atoms with Gasteiger partial charge in [-0.15, -0.1) is 0 Å². The normalized spacial score (nSPS) is 15.8. The standard InChI is InChI=1S/C22H25BrN4O/c1-15-12-19(23)21-24-16(2)20(27(21)13-15)22(28)25-18-8-10-26(11-9-18)14-17-6-4-3-5-7-17/h3-7,12-13,18H,8-11,14H2,1-2H3,(H,25,28). The van der Waals surface area contributed by atoms with Gasteiger partial charge in [-0.3, -0.25) is 14.1 Å². The monoisotopic (exact) mass is 440 g/mol. The highest BCUT2D eigenvalue weighted by Gasteiger charge is 2.24. The zero-order chi connectivity index (χ0) is 19.7. The zero-order valence-electron chi connectivity index (χ0n) is 16.3. The maximum atomic E-state index is 13.0. The van der Waals surface area contributed by atoms with Crippen molar-refractivity contribution in [2.75, 3.05) is 13.1 Å². The van der Waals surface area contributed by atoms with Gasteiger partial charge in [0, 0.05) is 31.9 Å². The number of pyridine rings is 1. The summed E-state index contributed by atoms with van der Waals surface area (Å²) in [4.78, 5) is 20.0. The second kappa shape index (κ2) is 8.05. The van der Waals surface area contributed by atoms with Crippen molar-refractivity contribution in [2.24, 2.45) is 0 Å². The van der Waals surface area contributed by atoms with Crippen LogP contribution >= 0.6 is 15.9 Å². The molecule has 0 atom stereocenters. The average molecular weight is 441 g/mol. The van der Waals surface area contributed by atoms with E-state index in [1.54, 1.807) is 0 Å². The van der Waals surface area contributed by atoms with Crippen LogP contribution in [0.3, 0.4) is 0 Å². The van der Waals surface area contributed by atoms with E-state index in [4.69, 9.17) is 0 Å². The molecule has 146 valence electrons. The fourth-order valence-corrected chi connectivity index (χ4v) is 4.59. The molecule has 2 aromatic heterocycles. The minimum atomic E-state index is -0.0380. The molecular formula is C22H25BrN4O. The van der Waals surface area contributed by atoms with E-state index < -0.39 is 0 Å². The molecule has 4 rings (SSSR count). The summed E-state index contributed by atoms with van der Waals surface area (Å²) >= 11 is 3.56. The van der Waals surface area contributed by atoms with Gasteiger partial charge in [0.2, 0.25) is 0 Å². The molecule has 0 spiro atoms. The Morgan fingerprint density at radius 2 is 1.93 bits per heavy atom. The van der Waals surface area contributed by atoms with E-state index in [1.165, 1.54) is 5.56 Å². The van der Waals surface area contributed by atoms with Crippen LogP contribution in [0, 0.1) is 13.8 Å². The molecule has 1 aliphatic rings. The SMILES string of the molecule is Cc1cc(Br)c2nc(C)c(C(=O)NC3CCN(Cc4ccccc4)CC3)n2c1. The molecule has 1 saturated heterocycles. The first-order chi connectivity index (χ1) is 13.5. The number of nitrogens with one attached hydrogen (secondary N) is 1. The number of imidazole rings is 1. The summed E-state index contributed by atoms with van der Waals surface area (Å²) in [6, 6.07) is 12.8. The van der Waals surface area contributed by atoms with Gasteiger partial charge in [0.15, 0.2) is 5.65 Å². The molecular weight excluding hydrogens is 416 g/mol. The quantitative estimate of drug-likeness (QED) is 0.663. The number of piperidine rings is 1. The van der Waals surface area contributed by atoms with E-state index in [0.29, 0.717) is 5.69 Å². The largest absolute Gasteiger partial charge is 0.348 e. The molecule has 5 nitrogen and oxygen atoms in total. The predicted octanol–water partition coefficient (Wildman–Crippen LogP) is 4.11. The molecule has 0 radical (unpaired) electrons. The molecule has 1 amide bonds. The molecule has 1 aliphatic heterocycles. The number of aryl methyl sites for hydroxylation is 2. The Kier molecular flexibility index (Phi) is 5.51. The van der Waals surface area contributed by atoms with Crippen molar-refractivity contribution in [3.05, 3.63) is 69.6 Å². The van der Waals surface area contributed by atoms with Crippen LogP contribution in [0.4, 0.5) is 0 Å². The summed E-state index contributed by atoms with van der Waals surface area (Å²) in [5.74, 6) is -0.0380. The topological polar surface area (TPSA) is 49.6 Å². The summed E-state index contributed by atoms with van der Waals surface area (Å²) in [5.41, 5.74) is 4.59. The zero-order valence-corrected chi connectivity index (χ0v) is 17.9. The minimum absolute atomic E-state index is 0.0380. The Morgan fingerprint density at radius 3 is 2.64 bits per heavy atom. The molecule has 0 saturated carbocycles. The summed E-state index contributed by atoms with van der Waals surface area (Å²) in [7, 11) is 0. The first-order valence-corrected chi connectivity index (χ1v) is 10.5. The second-order valence-corrected chi connectivity index (χ2v) is 8.47. The van der Waals surface area contributed by atoms with Gasteiger partial charge in [-0.2, -0.15) is 0 Å². The van der Waals surface area contributed by atoms with Gasteiger partial charge in [-0.1, -0.05) is 30.3 Å². The molecule has 1 fully saturated rings. The van der Waals surface area contributed by atoms with Crippen molar-refractivity contribution in [1.82, 2.24) is 19.6 Å². The molecule has 28 heavy (non-hydrogen) atoms. The van der Waals surface area contributed by atoms with Crippen LogP contribution in [0.1, 0.15) is 40.2 Å². The van der Waals surface area contributed by atoms with Gasteiger partial charge in [0.25, 0.3) is 5.91 Å². The van der Waals surface area contributed by atoms with Crippen LogP contribution < -0.4 is 5.32 Å². The number of halogens is 1. The van der Waals surface area contributed by atoms with Crippen molar-refractivity contribution in [1.29, 1.82) is 0 Å². The third-order valence-electron chi connectivity index (χ3n) is 5.37. The average Bonchev–Trinajstić information content (AvgIpc) is 3.00. The van der Waals surface area contributed by atoms with Gasteiger partial charge >= 0.3 is 0 Å². The fraction of sp³-hybridized carbons (Fsp3) is 0.364.